The van der Waals surface area contributed by atoms with Gasteiger partial charge in [0.25, 0.3) is 5.92 Å². The molecule has 7 nitrogen and oxygen atoms in total. The van der Waals surface area contributed by atoms with Gasteiger partial charge in [0.2, 0.25) is 0 Å². The van der Waals surface area contributed by atoms with E-state index in [1.165, 1.54) is 12.1 Å². The summed E-state index contributed by atoms with van der Waals surface area (Å²) in [4.78, 5) is 15.3. The lowest BCUT2D eigenvalue weighted by Gasteiger charge is -2.45. The van der Waals surface area contributed by atoms with Crippen LogP contribution in [0.5, 0.6) is 5.75 Å². The number of hydrogen-bond donors (Lipinski definition) is 0. The highest BCUT2D eigenvalue weighted by atomic mass is 32.2. The third-order valence-electron chi connectivity index (χ3n) is 6.11. The van der Waals surface area contributed by atoms with Crippen LogP contribution >= 0.6 is 0 Å². The molecule has 34 heavy (non-hydrogen) atoms. The first-order valence-electron chi connectivity index (χ1n) is 11.4. The fraction of sp³-hybridized carbons (Fsp3) is 0.696. The first-order valence-corrected chi connectivity index (χ1v) is 13.3. The van der Waals surface area contributed by atoms with Crippen LogP contribution in [0.15, 0.2) is 23.1 Å². The van der Waals surface area contributed by atoms with Crippen LogP contribution in [0.3, 0.4) is 0 Å². The maximum Gasteiger partial charge on any atom is 0.410 e. The van der Waals surface area contributed by atoms with E-state index in [1.807, 2.05) is 0 Å². The SMILES string of the molecule is CC(C)(C)OC(=O)N1CCN([C@H]2CC[C@H](COc3ccc(S(C)(=O)=O)cc3F)CC2(F)F)CC1. The number of hydrogen-bond acceptors (Lipinski definition) is 6. The quantitative estimate of drug-likeness (QED) is 0.602. The maximum atomic E-state index is 15.0. The Labute approximate surface area is 199 Å². The fourth-order valence-electron chi connectivity index (χ4n) is 4.40. The molecule has 1 aliphatic heterocycles. The van der Waals surface area contributed by atoms with E-state index >= 15 is 8.78 Å². The first-order chi connectivity index (χ1) is 15.7. The van der Waals surface area contributed by atoms with Crippen LogP contribution in [0, 0.1) is 11.7 Å². The van der Waals surface area contributed by atoms with E-state index in [1.54, 1.807) is 30.6 Å². The molecule has 0 bridgehead atoms. The number of piperazine rings is 1. The molecule has 3 rings (SSSR count). The van der Waals surface area contributed by atoms with Gasteiger partial charge in [0.05, 0.1) is 17.5 Å². The van der Waals surface area contributed by atoms with Gasteiger partial charge in [-0.05, 0) is 57.7 Å². The molecule has 1 aliphatic carbocycles. The summed E-state index contributed by atoms with van der Waals surface area (Å²) in [5, 5.41) is 0. The Morgan fingerprint density at radius 1 is 1.15 bits per heavy atom. The van der Waals surface area contributed by atoms with E-state index in [-0.39, 0.29) is 30.1 Å². The summed E-state index contributed by atoms with van der Waals surface area (Å²) in [6.07, 6.45) is 0.919. The Morgan fingerprint density at radius 2 is 1.79 bits per heavy atom. The lowest BCUT2D eigenvalue weighted by molar-refractivity contribution is -0.130. The minimum Gasteiger partial charge on any atom is -0.490 e. The van der Waals surface area contributed by atoms with Crippen LogP contribution in [0.25, 0.3) is 0 Å². The van der Waals surface area contributed by atoms with Crippen LogP contribution in [0.1, 0.15) is 40.0 Å². The predicted molar refractivity (Wildman–Crippen MR) is 120 cm³/mol. The number of halogens is 3. The van der Waals surface area contributed by atoms with Crippen LogP contribution in [0.4, 0.5) is 18.0 Å². The largest absolute Gasteiger partial charge is 0.490 e. The second-order valence-electron chi connectivity index (χ2n) is 10.1. The molecule has 11 heteroatoms. The molecule has 1 amide bonds. The summed E-state index contributed by atoms with van der Waals surface area (Å²) in [6, 6.07) is 2.39. The molecule has 1 saturated carbocycles. The zero-order chi connectivity index (χ0) is 25.3. The molecule has 2 aliphatic rings. The zero-order valence-electron chi connectivity index (χ0n) is 20.0. The average molecular weight is 507 g/mol. The van der Waals surface area contributed by atoms with Crippen molar-refractivity contribution < 1.29 is 35.9 Å². The highest BCUT2D eigenvalue weighted by Crippen LogP contribution is 2.40. The first kappa shape index (κ1) is 26.6. The monoisotopic (exact) mass is 506 g/mol. The molecular weight excluding hydrogens is 473 g/mol. The molecular formula is C23H33F3N2O5S. The Kier molecular flexibility index (Phi) is 7.76. The van der Waals surface area contributed by atoms with Crippen LogP contribution in [0.2, 0.25) is 0 Å². The Balaban J connectivity index is 1.52. The number of rotatable bonds is 5. The average Bonchev–Trinajstić information content (AvgIpc) is 2.70. The van der Waals surface area contributed by atoms with Gasteiger partial charge in [-0.3, -0.25) is 4.90 Å². The van der Waals surface area contributed by atoms with Crippen LogP contribution in [-0.4, -0.2) is 80.9 Å². The highest BCUT2D eigenvalue weighted by molar-refractivity contribution is 7.90. The lowest BCUT2D eigenvalue weighted by atomic mass is 9.82. The maximum absolute atomic E-state index is 15.0. The molecule has 192 valence electrons. The second-order valence-corrected chi connectivity index (χ2v) is 12.1. The van der Waals surface area contributed by atoms with Gasteiger partial charge in [0.1, 0.15) is 5.60 Å². The Hall–Kier alpha value is -2.01. The normalized spacial score (nSPS) is 24.0. The highest BCUT2D eigenvalue weighted by Gasteiger charge is 2.48. The fourth-order valence-corrected chi connectivity index (χ4v) is 5.03. The van der Waals surface area contributed by atoms with Crippen molar-refractivity contribution in [2.45, 2.75) is 62.5 Å². The number of carbonyl (C=O) groups is 1. The molecule has 0 radical (unpaired) electrons. The van der Waals surface area contributed by atoms with Crippen molar-refractivity contribution in [3.63, 3.8) is 0 Å². The zero-order valence-corrected chi connectivity index (χ0v) is 20.8. The molecule has 2 fully saturated rings. The molecule has 0 spiro atoms. The van der Waals surface area contributed by atoms with E-state index in [4.69, 9.17) is 9.47 Å². The van der Waals surface area contributed by atoms with Gasteiger partial charge in [-0.15, -0.1) is 0 Å². The summed E-state index contributed by atoms with van der Waals surface area (Å²) in [7, 11) is -3.55. The van der Waals surface area contributed by atoms with Gasteiger partial charge in [-0.25, -0.2) is 26.4 Å². The van der Waals surface area contributed by atoms with Gasteiger partial charge >= 0.3 is 6.09 Å². The summed E-state index contributed by atoms with van der Waals surface area (Å²) >= 11 is 0. The topological polar surface area (TPSA) is 76.2 Å². The van der Waals surface area contributed by atoms with Crippen molar-refractivity contribution in [1.82, 2.24) is 9.80 Å². The molecule has 0 N–H and O–H groups in total. The van der Waals surface area contributed by atoms with Crippen molar-refractivity contribution in [1.29, 1.82) is 0 Å². The third kappa shape index (κ3) is 6.78. The van der Waals surface area contributed by atoms with Crippen molar-refractivity contribution in [3.05, 3.63) is 24.0 Å². The standard InChI is InChI=1S/C23H33F3N2O5S/c1-22(2,3)33-21(29)28-11-9-27(10-12-28)20-8-5-16(14-23(20,25)26)15-32-19-7-6-17(13-18(19)24)34(4,30)31/h6-7,13,16,20H,5,8-12,14-15H2,1-4H3/t16-,20-/m0/s1. The van der Waals surface area contributed by atoms with Gasteiger partial charge in [-0.1, -0.05) is 0 Å². The molecule has 1 aromatic carbocycles. The predicted octanol–water partition coefficient (Wildman–Crippen LogP) is 3.96. The van der Waals surface area contributed by atoms with E-state index in [9.17, 15) is 17.6 Å². The number of carbonyl (C=O) groups excluding carboxylic acids is 1. The second kappa shape index (κ2) is 9.93. The number of amides is 1. The molecule has 0 unspecified atom stereocenters. The molecule has 1 heterocycles. The molecule has 0 aromatic heterocycles. The lowest BCUT2D eigenvalue weighted by Crippen LogP contribution is -2.58. The van der Waals surface area contributed by atoms with Gasteiger partial charge < -0.3 is 14.4 Å². The van der Waals surface area contributed by atoms with Crippen molar-refractivity contribution in [2.75, 3.05) is 39.0 Å². The van der Waals surface area contributed by atoms with Crippen LogP contribution < -0.4 is 4.74 Å². The van der Waals surface area contributed by atoms with Gasteiger partial charge in [0.15, 0.2) is 21.4 Å². The van der Waals surface area contributed by atoms with Crippen molar-refractivity contribution in [3.8, 4) is 5.75 Å². The van der Waals surface area contributed by atoms with Crippen molar-refractivity contribution in [2.24, 2.45) is 5.92 Å². The van der Waals surface area contributed by atoms with Gasteiger partial charge in [-0.2, -0.15) is 0 Å². The number of alkyl halides is 2. The number of sulfone groups is 1. The Morgan fingerprint density at radius 3 is 2.32 bits per heavy atom. The minimum atomic E-state index is -3.55. The van der Waals surface area contributed by atoms with Gasteiger partial charge in [0, 0.05) is 38.9 Å². The number of benzene rings is 1. The molecule has 1 saturated heterocycles. The Bertz CT molecular complexity index is 989. The van der Waals surface area contributed by atoms with Crippen LogP contribution in [-0.2, 0) is 14.6 Å². The van der Waals surface area contributed by atoms with E-state index < -0.39 is 45.2 Å². The molecule has 2 atom stereocenters. The smallest absolute Gasteiger partial charge is 0.410 e. The third-order valence-corrected chi connectivity index (χ3v) is 7.22. The van der Waals surface area contributed by atoms with Crippen molar-refractivity contribution >= 4 is 15.9 Å². The van der Waals surface area contributed by atoms with E-state index in [0.717, 1.165) is 12.3 Å². The van der Waals surface area contributed by atoms with E-state index in [0.29, 0.717) is 32.6 Å². The summed E-state index contributed by atoms with van der Waals surface area (Å²) in [6.45, 7) is 6.61. The number of ether oxygens (including phenoxy) is 2. The summed E-state index contributed by atoms with van der Waals surface area (Å²) < 4.78 is 78.1. The number of nitrogens with zero attached hydrogens (tertiary/aromatic N) is 2. The summed E-state index contributed by atoms with van der Waals surface area (Å²) in [5.74, 6) is -4.40. The molecule has 1 aromatic rings. The van der Waals surface area contributed by atoms with E-state index in [2.05, 4.69) is 0 Å². The summed E-state index contributed by atoms with van der Waals surface area (Å²) in [5.41, 5.74) is -0.611. The minimum absolute atomic E-state index is 0.0795.